The molecule has 2 rings (SSSR count). The average Bonchev–Trinajstić information content (AvgIpc) is 3.14. The summed E-state index contributed by atoms with van der Waals surface area (Å²) in [4.78, 5) is 12.3. The van der Waals surface area contributed by atoms with Crippen LogP contribution >= 0.6 is 11.6 Å². The van der Waals surface area contributed by atoms with E-state index in [1.165, 1.54) is 6.92 Å². The van der Waals surface area contributed by atoms with Gasteiger partial charge in [0.2, 0.25) is 0 Å². The average molecular weight is 429 g/mol. The first-order valence-electron chi connectivity index (χ1n) is 8.51. The van der Waals surface area contributed by atoms with Gasteiger partial charge in [-0.05, 0) is 30.2 Å². The van der Waals surface area contributed by atoms with E-state index in [1.54, 1.807) is 13.8 Å². The monoisotopic (exact) mass is 428 g/mol. The maximum absolute atomic E-state index is 14.2. The maximum atomic E-state index is 14.2. The highest BCUT2D eigenvalue weighted by molar-refractivity contribution is 6.30. The third kappa shape index (κ3) is 4.02. The number of hydrogen-bond acceptors (Lipinski definition) is 2. The van der Waals surface area contributed by atoms with Crippen molar-refractivity contribution >= 4 is 17.6 Å². The van der Waals surface area contributed by atoms with Gasteiger partial charge in [0.1, 0.15) is 17.5 Å². The molecule has 0 amide bonds. The van der Waals surface area contributed by atoms with Gasteiger partial charge in [0.05, 0.1) is 5.92 Å². The molecule has 9 heteroatoms. The molecule has 0 heterocycles. The lowest BCUT2D eigenvalue weighted by Gasteiger charge is -2.14. The topological polar surface area (TPSA) is 26.3 Å². The van der Waals surface area contributed by atoms with Crippen LogP contribution in [0.4, 0.5) is 26.3 Å². The Kier molecular flexibility index (Phi) is 6.14. The van der Waals surface area contributed by atoms with Crippen LogP contribution < -0.4 is 0 Å². The first kappa shape index (κ1) is 22.6. The number of halogens is 7. The van der Waals surface area contributed by atoms with Crippen LogP contribution in [0.1, 0.15) is 37.5 Å². The molecule has 0 radical (unpaired) electrons. The fraction of sp³-hybridized carbons (Fsp3) is 0.526. The molecule has 0 aliphatic heterocycles. The molecule has 28 heavy (non-hydrogen) atoms. The number of alkyl halides is 3. The minimum atomic E-state index is -4.73. The van der Waals surface area contributed by atoms with Crippen molar-refractivity contribution in [3.8, 4) is 0 Å². The van der Waals surface area contributed by atoms with Crippen molar-refractivity contribution in [2.45, 2.75) is 46.9 Å². The summed E-state index contributed by atoms with van der Waals surface area (Å²) in [6.45, 7) is 5.02. The van der Waals surface area contributed by atoms with E-state index < -0.39 is 69.6 Å². The summed E-state index contributed by atoms with van der Waals surface area (Å²) in [6, 6.07) is 0. The molecule has 0 spiro atoms. The van der Waals surface area contributed by atoms with Gasteiger partial charge < -0.3 is 4.74 Å². The molecule has 1 saturated carbocycles. The fourth-order valence-corrected chi connectivity index (χ4v) is 3.46. The highest BCUT2D eigenvalue weighted by Crippen LogP contribution is 2.60. The zero-order chi connectivity index (χ0) is 21.6. The molecule has 0 bridgehead atoms. The van der Waals surface area contributed by atoms with Crippen molar-refractivity contribution in [2.24, 2.45) is 17.3 Å². The summed E-state index contributed by atoms with van der Waals surface area (Å²) in [5, 5.41) is -1.34. The number of ether oxygens (including phenoxy) is 1. The SMILES string of the molecule is CCc1c(F)c(C)c(F)c(F)c1COC(=O)[C@H]1[C@@H](/C=C(\Cl)C(F)(F)F)C1(C)C. The predicted molar refractivity (Wildman–Crippen MR) is 91.0 cm³/mol. The van der Waals surface area contributed by atoms with Crippen LogP contribution in [-0.4, -0.2) is 12.1 Å². The second kappa shape index (κ2) is 7.61. The number of rotatable bonds is 5. The highest BCUT2D eigenvalue weighted by Gasteiger charge is 2.62. The van der Waals surface area contributed by atoms with Gasteiger partial charge >= 0.3 is 12.1 Å². The molecule has 0 aromatic heterocycles. The van der Waals surface area contributed by atoms with Crippen molar-refractivity contribution in [1.29, 1.82) is 0 Å². The minimum absolute atomic E-state index is 0.0399. The summed E-state index contributed by atoms with van der Waals surface area (Å²) >= 11 is 5.22. The zero-order valence-corrected chi connectivity index (χ0v) is 16.4. The fourth-order valence-electron chi connectivity index (χ4n) is 3.33. The molecule has 1 aliphatic rings. The van der Waals surface area contributed by atoms with Crippen LogP contribution in [0.25, 0.3) is 0 Å². The number of carbonyl (C=O) groups is 1. The second-order valence-corrected chi connectivity index (χ2v) is 7.73. The van der Waals surface area contributed by atoms with Gasteiger partial charge in [-0.2, -0.15) is 13.2 Å². The molecular formula is C19H19ClF6O2. The van der Waals surface area contributed by atoms with Gasteiger partial charge in [-0.3, -0.25) is 4.79 Å². The van der Waals surface area contributed by atoms with Gasteiger partial charge in [0.15, 0.2) is 11.6 Å². The number of benzene rings is 1. The standard InChI is InChI=1S/C19H19ClF6O2/c1-5-9-10(16(23)15(22)8(2)14(9)21)7-28-17(27)13-11(18(13,3)4)6-12(20)19(24,25)26/h6,11,13H,5,7H2,1-4H3/b12-6-/t11-,13-/m1/s1. The summed E-state index contributed by atoms with van der Waals surface area (Å²) < 4.78 is 85.0. The Labute approximate surface area is 163 Å². The normalized spacial score (nSPS) is 21.6. The summed E-state index contributed by atoms with van der Waals surface area (Å²) in [7, 11) is 0. The first-order chi connectivity index (χ1) is 12.7. The third-order valence-corrected chi connectivity index (χ3v) is 5.56. The minimum Gasteiger partial charge on any atom is -0.460 e. The van der Waals surface area contributed by atoms with Crippen LogP contribution in [0.15, 0.2) is 11.1 Å². The Hall–Kier alpha value is -1.70. The quantitative estimate of drug-likeness (QED) is 0.328. The summed E-state index contributed by atoms with van der Waals surface area (Å²) in [5.41, 5.74) is -1.86. The van der Waals surface area contributed by atoms with Crippen molar-refractivity contribution in [3.63, 3.8) is 0 Å². The van der Waals surface area contributed by atoms with Gasteiger partial charge in [-0.25, -0.2) is 13.2 Å². The molecule has 2 atom stereocenters. The van der Waals surface area contributed by atoms with Crippen LogP contribution in [0.3, 0.4) is 0 Å². The lowest BCUT2D eigenvalue weighted by atomic mass is 10.0. The van der Waals surface area contributed by atoms with Crippen LogP contribution in [0.5, 0.6) is 0 Å². The van der Waals surface area contributed by atoms with Gasteiger partial charge in [-0.15, -0.1) is 0 Å². The molecule has 156 valence electrons. The van der Waals surface area contributed by atoms with E-state index in [-0.39, 0.29) is 12.0 Å². The van der Waals surface area contributed by atoms with Crippen LogP contribution in [0.2, 0.25) is 0 Å². The lowest BCUT2D eigenvalue weighted by Crippen LogP contribution is -2.14. The van der Waals surface area contributed by atoms with Crippen molar-refractivity contribution in [2.75, 3.05) is 0 Å². The Bertz CT molecular complexity index is 829. The largest absolute Gasteiger partial charge is 0.460 e. The number of hydrogen-bond donors (Lipinski definition) is 0. The molecule has 0 saturated heterocycles. The van der Waals surface area contributed by atoms with Crippen LogP contribution in [0, 0.1) is 41.6 Å². The van der Waals surface area contributed by atoms with E-state index in [9.17, 15) is 31.1 Å². The highest BCUT2D eigenvalue weighted by atomic mass is 35.5. The predicted octanol–water partition coefficient (Wildman–Crippen LogP) is 5.98. The van der Waals surface area contributed by atoms with Gasteiger partial charge in [0.25, 0.3) is 0 Å². The van der Waals surface area contributed by atoms with E-state index in [4.69, 9.17) is 16.3 Å². The molecule has 1 aromatic carbocycles. The lowest BCUT2D eigenvalue weighted by molar-refractivity contribution is -0.147. The van der Waals surface area contributed by atoms with E-state index in [1.807, 2.05) is 0 Å². The second-order valence-electron chi connectivity index (χ2n) is 7.32. The van der Waals surface area contributed by atoms with Crippen molar-refractivity contribution < 1.29 is 35.9 Å². The molecule has 1 aromatic rings. The zero-order valence-electron chi connectivity index (χ0n) is 15.6. The molecule has 0 unspecified atom stereocenters. The molecule has 1 fully saturated rings. The Morgan fingerprint density at radius 1 is 1.14 bits per heavy atom. The number of esters is 1. The van der Waals surface area contributed by atoms with E-state index in [2.05, 4.69) is 0 Å². The number of allylic oxidation sites excluding steroid dienone is 2. The maximum Gasteiger partial charge on any atom is 0.426 e. The van der Waals surface area contributed by atoms with Gasteiger partial charge in [-0.1, -0.05) is 38.4 Å². The van der Waals surface area contributed by atoms with E-state index >= 15 is 0 Å². The van der Waals surface area contributed by atoms with E-state index in [0.29, 0.717) is 0 Å². The Morgan fingerprint density at radius 2 is 1.71 bits per heavy atom. The Balaban J connectivity index is 2.20. The summed E-state index contributed by atoms with van der Waals surface area (Å²) in [6.07, 6.45) is -3.94. The molecule has 0 N–H and O–H groups in total. The molecule has 2 nitrogen and oxygen atoms in total. The Morgan fingerprint density at radius 3 is 2.21 bits per heavy atom. The van der Waals surface area contributed by atoms with Crippen LogP contribution in [-0.2, 0) is 22.6 Å². The summed E-state index contributed by atoms with van der Waals surface area (Å²) in [5.74, 6) is -6.24. The van der Waals surface area contributed by atoms with Crippen molar-refractivity contribution in [1.82, 2.24) is 0 Å². The molecular weight excluding hydrogens is 410 g/mol. The third-order valence-electron chi connectivity index (χ3n) is 5.22. The number of carbonyl (C=O) groups excluding carboxylic acids is 1. The first-order valence-corrected chi connectivity index (χ1v) is 8.88. The smallest absolute Gasteiger partial charge is 0.426 e. The molecule has 1 aliphatic carbocycles. The van der Waals surface area contributed by atoms with Crippen molar-refractivity contribution in [3.05, 3.63) is 45.3 Å². The van der Waals surface area contributed by atoms with Gasteiger partial charge in [0, 0.05) is 11.1 Å². The van der Waals surface area contributed by atoms with E-state index in [0.717, 1.165) is 13.0 Å².